The maximum absolute atomic E-state index is 10.6. The summed E-state index contributed by atoms with van der Waals surface area (Å²) in [4.78, 5) is 2.29. The van der Waals surface area contributed by atoms with Gasteiger partial charge in [0.25, 0.3) is 0 Å². The van der Waals surface area contributed by atoms with Crippen LogP contribution in [-0.4, -0.2) is 54.1 Å². The van der Waals surface area contributed by atoms with E-state index in [-0.39, 0.29) is 18.3 Å². The maximum Gasteiger partial charge on any atom is 0.127 e. The van der Waals surface area contributed by atoms with Gasteiger partial charge in [0, 0.05) is 35.6 Å². The Morgan fingerprint density at radius 2 is 1.91 bits per heavy atom. The molecule has 0 aliphatic carbocycles. The zero-order chi connectivity index (χ0) is 22.8. The Labute approximate surface area is 199 Å². The molecule has 2 aliphatic rings. The van der Waals surface area contributed by atoms with Crippen LogP contribution in [-0.2, 0) is 11.3 Å². The Hall–Kier alpha value is -2.31. The summed E-state index contributed by atoms with van der Waals surface area (Å²) in [5.41, 5.74) is 0.668. The number of β-amino-alcohol motifs (C(OH)–C–C–N with tert-alkyl or cyclic N) is 1. The van der Waals surface area contributed by atoms with Crippen LogP contribution in [0.25, 0.3) is 10.8 Å². The van der Waals surface area contributed by atoms with E-state index in [9.17, 15) is 5.11 Å². The fourth-order valence-corrected chi connectivity index (χ4v) is 5.13. The van der Waals surface area contributed by atoms with E-state index in [1.165, 1.54) is 0 Å². The molecule has 0 amide bonds. The highest BCUT2D eigenvalue weighted by Crippen LogP contribution is 2.38. The lowest BCUT2D eigenvalue weighted by atomic mass is 9.86. The van der Waals surface area contributed by atoms with E-state index in [0.717, 1.165) is 53.8 Å². The maximum atomic E-state index is 10.6. The average molecular weight is 468 g/mol. The molecule has 5 nitrogen and oxygen atoms in total. The molecule has 33 heavy (non-hydrogen) atoms. The smallest absolute Gasteiger partial charge is 0.127 e. The van der Waals surface area contributed by atoms with Crippen molar-refractivity contribution in [1.82, 2.24) is 4.90 Å². The van der Waals surface area contributed by atoms with Gasteiger partial charge < -0.3 is 24.2 Å². The minimum absolute atomic E-state index is 0.0540. The van der Waals surface area contributed by atoms with Crippen LogP contribution in [0.2, 0.25) is 5.02 Å². The Morgan fingerprint density at radius 1 is 1.12 bits per heavy atom. The first-order valence-corrected chi connectivity index (χ1v) is 12.0. The molecule has 3 aromatic rings. The molecular formula is C27H30ClNO4. The van der Waals surface area contributed by atoms with Crippen LogP contribution in [0.15, 0.2) is 60.7 Å². The van der Waals surface area contributed by atoms with Crippen LogP contribution >= 0.6 is 11.6 Å². The molecule has 1 saturated heterocycles. The summed E-state index contributed by atoms with van der Waals surface area (Å²) in [6.45, 7) is 5.12. The number of fused-ring (bicyclic) bond motifs is 2. The summed E-state index contributed by atoms with van der Waals surface area (Å²) in [5, 5.41) is 13.5. The van der Waals surface area contributed by atoms with E-state index in [4.69, 9.17) is 25.8 Å². The summed E-state index contributed by atoms with van der Waals surface area (Å²) in [6, 6.07) is 19.8. The van der Waals surface area contributed by atoms with Gasteiger partial charge in [0.15, 0.2) is 0 Å². The monoisotopic (exact) mass is 467 g/mol. The number of aliphatic hydroxyl groups excluding tert-OH is 1. The highest BCUT2D eigenvalue weighted by molar-refractivity contribution is 6.30. The number of ether oxygens (including phenoxy) is 3. The second kappa shape index (κ2) is 9.51. The zero-order valence-corrected chi connectivity index (χ0v) is 19.6. The van der Waals surface area contributed by atoms with Crippen molar-refractivity contribution < 1.29 is 19.3 Å². The molecule has 1 spiro atoms. The lowest BCUT2D eigenvalue weighted by Gasteiger charge is -2.44. The molecule has 2 atom stereocenters. The van der Waals surface area contributed by atoms with Gasteiger partial charge in [-0.2, -0.15) is 0 Å². The quantitative estimate of drug-likeness (QED) is 0.568. The molecule has 2 aliphatic heterocycles. The predicted octanol–water partition coefficient (Wildman–Crippen LogP) is 5.07. The Balaban J connectivity index is 1.15. The van der Waals surface area contributed by atoms with Crippen molar-refractivity contribution in [3.8, 4) is 11.5 Å². The van der Waals surface area contributed by atoms with Crippen molar-refractivity contribution in [3.05, 3.63) is 71.2 Å². The first-order chi connectivity index (χ1) is 16.0. The van der Waals surface area contributed by atoms with Crippen LogP contribution in [0.3, 0.4) is 0 Å². The second-order valence-electron chi connectivity index (χ2n) is 9.11. The summed E-state index contributed by atoms with van der Waals surface area (Å²) in [5.74, 6) is 1.66. The number of aliphatic hydroxyl groups is 1. The zero-order valence-electron chi connectivity index (χ0n) is 18.9. The number of benzene rings is 3. The third-order valence-corrected chi connectivity index (χ3v) is 7.17. The van der Waals surface area contributed by atoms with Gasteiger partial charge in [-0.25, -0.2) is 0 Å². The lowest BCUT2D eigenvalue weighted by molar-refractivity contribution is -0.138. The van der Waals surface area contributed by atoms with Crippen LogP contribution in [0.5, 0.6) is 11.5 Å². The number of rotatable bonds is 5. The van der Waals surface area contributed by atoms with Crippen LogP contribution in [0, 0.1) is 0 Å². The molecule has 2 heterocycles. The molecule has 2 unspecified atom stereocenters. The molecule has 0 saturated carbocycles. The minimum atomic E-state index is -0.562. The molecule has 0 aromatic heterocycles. The van der Waals surface area contributed by atoms with Crippen LogP contribution < -0.4 is 9.47 Å². The van der Waals surface area contributed by atoms with Crippen LogP contribution in [0.4, 0.5) is 0 Å². The molecule has 174 valence electrons. The topological polar surface area (TPSA) is 51.2 Å². The van der Waals surface area contributed by atoms with E-state index in [0.29, 0.717) is 18.2 Å². The summed E-state index contributed by atoms with van der Waals surface area (Å²) in [7, 11) is 0. The van der Waals surface area contributed by atoms with Gasteiger partial charge in [-0.3, -0.25) is 0 Å². The van der Waals surface area contributed by atoms with Crippen molar-refractivity contribution >= 4 is 22.4 Å². The molecular weight excluding hydrogens is 438 g/mol. The number of hydrogen-bond acceptors (Lipinski definition) is 5. The molecule has 6 heteroatoms. The number of piperidine rings is 1. The van der Waals surface area contributed by atoms with Gasteiger partial charge in [-0.1, -0.05) is 48.0 Å². The van der Waals surface area contributed by atoms with E-state index in [1.54, 1.807) is 0 Å². The van der Waals surface area contributed by atoms with Crippen molar-refractivity contribution in [2.24, 2.45) is 0 Å². The van der Waals surface area contributed by atoms with Gasteiger partial charge in [-0.05, 0) is 49.4 Å². The van der Waals surface area contributed by atoms with Crippen molar-refractivity contribution in [3.63, 3.8) is 0 Å². The average Bonchev–Trinajstić information content (AvgIpc) is 2.96. The number of nitrogens with zero attached hydrogens (tertiary/aromatic N) is 1. The SMILES string of the molecule is CC1Oc2ccc(Cl)cc2COC12CCN(CC(O)COc1cccc3ccccc13)CC2. The molecule has 0 radical (unpaired) electrons. The normalized spacial score (nSPS) is 21.2. The molecule has 1 fully saturated rings. The minimum Gasteiger partial charge on any atom is -0.490 e. The number of likely N-dealkylation sites (tertiary alicyclic amines) is 1. The summed E-state index contributed by atoms with van der Waals surface area (Å²) >= 11 is 6.15. The standard InChI is InChI=1S/C27H30ClNO4/c1-19-27(32-17-21-15-22(28)9-10-25(21)33-19)11-13-29(14-12-27)16-23(30)18-31-26-8-4-6-20-5-2-3-7-24(20)26/h2-10,15,19,23,30H,11-14,16-18H2,1H3. The van der Waals surface area contributed by atoms with Crippen molar-refractivity contribution in [1.29, 1.82) is 0 Å². The Bertz CT molecular complexity index is 1110. The number of hydrogen-bond donors (Lipinski definition) is 1. The van der Waals surface area contributed by atoms with E-state index >= 15 is 0 Å². The van der Waals surface area contributed by atoms with Crippen LogP contribution in [0.1, 0.15) is 25.3 Å². The van der Waals surface area contributed by atoms with Gasteiger partial charge in [0.2, 0.25) is 0 Å². The first-order valence-electron chi connectivity index (χ1n) is 11.6. The molecule has 1 N–H and O–H groups in total. The third kappa shape index (κ3) is 4.82. The molecule has 3 aromatic carbocycles. The van der Waals surface area contributed by atoms with E-state index < -0.39 is 6.10 Å². The fraction of sp³-hybridized carbons (Fsp3) is 0.407. The van der Waals surface area contributed by atoms with Gasteiger partial charge in [-0.15, -0.1) is 0 Å². The largest absolute Gasteiger partial charge is 0.490 e. The lowest BCUT2D eigenvalue weighted by Crippen LogP contribution is -2.54. The first kappa shape index (κ1) is 22.5. The summed E-state index contributed by atoms with van der Waals surface area (Å²) < 4.78 is 18.7. The Kier molecular flexibility index (Phi) is 6.48. The van der Waals surface area contributed by atoms with Crippen molar-refractivity contribution in [2.75, 3.05) is 26.2 Å². The van der Waals surface area contributed by atoms with E-state index in [2.05, 4.69) is 24.0 Å². The highest BCUT2D eigenvalue weighted by atomic mass is 35.5. The van der Waals surface area contributed by atoms with E-state index in [1.807, 2.05) is 48.5 Å². The van der Waals surface area contributed by atoms with Gasteiger partial charge in [0.05, 0.1) is 6.61 Å². The number of halogens is 1. The van der Waals surface area contributed by atoms with Gasteiger partial charge in [0.1, 0.15) is 35.9 Å². The summed E-state index contributed by atoms with van der Waals surface area (Å²) in [6.07, 6.45) is 1.09. The third-order valence-electron chi connectivity index (χ3n) is 6.93. The fourth-order valence-electron chi connectivity index (χ4n) is 4.94. The van der Waals surface area contributed by atoms with Gasteiger partial charge >= 0.3 is 0 Å². The Morgan fingerprint density at radius 3 is 2.76 bits per heavy atom. The second-order valence-corrected chi connectivity index (χ2v) is 9.54. The molecule has 0 bridgehead atoms. The molecule has 5 rings (SSSR count). The predicted molar refractivity (Wildman–Crippen MR) is 130 cm³/mol. The van der Waals surface area contributed by atoms with Crippen molar-refractivity contribution in [2.45, 2.75) is 44.2 Å². The highest BCUT2D eigenvalue weighted by Gasteiger charge is 2.44.